The highest BCUT2D eigenvalue weighted by atomic mass is 16.5. The topological polar surface area (TPSA) is 125 Å². The number of ether oxygens (including phenoxy) is 2. The molecule has 2 rings (SSSR count). The molecule has 4 unspecified atom stereocenters. The zero-order chi connectivity index (χ0) is 25.3. The number of aliphatic hydroxyl groups is 1. The monoisotopic (exact) mass is 471 g/mol. The molecule has 2 heterocycles. The number of methoxy groups -OCH3 is 2. The molecule has 10 nitrogen and oxygen atoms in total. The number of hydrogen-bond acceptors (Lipinski definition) is 7. The van der Waals surface area contributed by atoms with Gasteiger partial charge in [-0.2, -0.15) is 0 Å². The highest BCUT2D eigenvalue weighted by Gasteiger charge is 2.48. The lowest BCUT2D eigenvalue weighted by atomic mass is 9.93. The quantitative estimate of drug-likeness (QED) is 0.414. The van der Waals surface area contributed by atoms with Crippen molar-refractivity contribution < 1.29 is 33.8 Å². The standard InChI is InChI=1S/C18H29N3O6.C5H12O/c1-4-13(20(2)10-23)16(24)19-15-11(9-22)5-6-12-7-8-14(18(26)27-3)21(12)17(15)25;1-5(2,3)6-4/h10-15,22H,4-9H2,1-3H3,(H,19,24);1-4H3/t11?,12?,13-,14?,15?;/m0./s1. The predicted octanol–water partition coefficient (Wildman–Crippen LogP) is 0.704. The second-order valence-corrected chi connectivity index (χ2v) is 9.53. The second-order valence-electron chi connectivity index (χ2n) is 9.53. The summed E-state index contributed by atoms with van der Waals surface area (Å²) in [6, 6.07) is -2.41. The van der Waals surface area contributed by atoms with E-state index in [9.17, 15) is 24.3 Å². The summed E-state index contributed by atoms with van der Waals surface area (Å²) < 4.78 is 9.77. The fraction of sp³-hybridized carbons (Fsp3) is 0.826. The number of esters is 1. The van der Waals surface area contributed by atoms with E-state index in [2.05, 4.69) is 5.32 Å². The minimum Gasteiger partial charge on any atom is -0.467 e. The molecule has 190 valence electrons. The van der Waals surface area contributed by atoms with Crippen molar-refractivity contribution in [1.82, 2.24) is 15.1 Å². The van der Waals surface area contributed by atoms with Crippen LogP contribution in [0.5, 0.6) is 0 Å². The fourth-order valence-electron chi connectivity index (χ4n) is 4.16. The van der Waals surface area contributed by atoms with Gasteiger partial charge in [0.05, 0.1) is 12.7 Å². The van der Waals surface area contributed by atoms with Gasteiger partial charge in [0, 0.05) is 32.7 Å². The minimum atomic E-state index is -0.938. The molecule has 0 aromatic carbocycles. The normalized spacial score (nSPS) is 25.7. The van der Waals surface area contributed by atoms with Crippen LogP contribution in [-0.4, -0.2) is 96.7 Å². The molecular weight excluding hydrogens is 430 g/mol. The van der Waals surface area contributed by atoms with Crippen molar-refractivity contribution in [2.24, 2.45) is 5.92 Å². The summed E-state index contributed by atoms with van der Waals surface area (Å²) >= 11 is 0. The molecule has 2 fully saturated rings. The zero-order valence-corrected chi connectivity index (χ0v) is 21.0. The SMILES string of the molecule is CC[C@@H](C(=O)NC1C(=O)N2C(CCC1CO)CCC2C(=O)OC)N(C)C=O.COC(C)(C)C. The van der Waals surface area contributed by atoms with Crippen LogP contribution in [0, 0.1) is 5.92 Å². The summed E-state index contributed by atoms with van der Waals surface area (Å²) in [4.78, 5) is 51.8. The maximum Gasteiger partial charge on any atom is 0.328 e. The Morgan fingerprint density at radius 3 is 2.27 bits per heavy atom. The van der Waals surface area contributed by atoms with Crippen LogP contribution in [-0.2, 0) is 28.7 Å². The maximum atomic E-state index is 13.2. The lowest BCUT2D eigenvalue weighted by Crippen LogP contribution is -2.58. The molecule has 2 saturated heterocycles. The molecule has 5 atom stereocenters. The van der Waals surface area contributed by atoms with Gasteiger partial charge in [-0.05, 0) is 52.9 Å². The molecule has 0 aliphatic carbocycles. The third-order valence-corrected chi connectivity index (χ3v) is 6.33. The van der Waals surface area contributed by atoms with Crippen molar-refractivity contribution in [3.63, 3.8) is 0 Å². The van der Waals surface area contributed by atoms with Crippen molar-refractivity contribution in [2.75, 3.05) is 27.9 Å². The van der Waals surface area contributed by atoms with Crippen LogP contribution >= 0.6 is 0 Å². The van der Waals surface area contributed by atoms with Gasteiger partial charge in [-0.15, -0.1) is 0 Å². The summed E-state index contributed by atoms with van der Waals surface area (Å²) in [5, 5.41) is 12.5. The Bertz CT molecular complexity index is 679. The number of nitrogens with zero attached hydrogens (tertiary/aromatic N) is 2. The van der Waals surface area contributed by atoms with E-state index in [-0.39, 0.29) is 24.2 Å². The first-order valence-electron chi connectivity index (χ1n) is 11.5. The molecule has 0 bridgehead atoms. The van der Waals surface area contributed by atoms with Crippen molar-refractivity contribution in [2.45, 2.75) is 89.6 Å². The zero-order valence-electron chi connectivity index (χ0n) is 21.0. The van der Waals surface area contributed by atoms with Gasteiger partial charge in [0.1, 0.15) is 18.1 Å². The molecule has 10 heteroatoms. The molecule has 0 saturated carbocycles. The third-order valence-electron chi connectivity index (χ3n) is 6.33. The smallest absolute Gasteiger partial charge is 0.328 e. The Morgan fingerprint density at radius 1 is 1.24 bits per heavy atom. The van der Waals surface area contributed by atoms with E-state index < -0.39 is 35.9 Å². The molecule has 33 heavy (non-hydrogen) atoms. The Labute approximate surface area is 196 Å². The number of rotatable bonds is 7. The number of carbonyl (C=O) groups is 4. The summed E-state index contributed by atoms with van der Waals surface area (Å²) in [7, 11) is 4.50. The average Bonchev–Trinajstić information content (AvgIpc) is 3.16. The Kier molecular flexibility index (Phi) is 11.3. The van der Waals surface area contributed by atoms with Gasteiger partial charge >= 0.3 is 5.97 Å². The van der Waals surface area contributed by atoms with E-state index in [0.29, 0.717) is 38.5 Å². The third kappa shape index (κ3) is 7.67. The molecule has 0 aromatic rings. The first-order chi connectivity index (χ1) is 15.4. The number of fused-ring (bicyclic) bond motifs is 1. The van der Waals surface area contributed by atoms with Gasteiger partial charge in [-0.25, -0.2) is 4.79 Å². The average molecular weight is 472 g/mol. The molecule has 2 aliphatic heterocycles. The van der Waals surface area contributed by atoms with Crippen LogP contribution in [0.3, 0.4) is 0 Å². The van der Waals surface area contributed by atoms with Crippen molar-refractivity contribution in [1.29, 1.82) is 0 Å². The summed E-state index contributed by atoms with van der Waals surface area (Å²) in [6.45, 7) is 7.58. The highest BCUT2D eigenvalue weighted by molar-refractivity contribution is 5.93. The molecule has 2 N–H and O–H groups in total. The number of aliphatic hydroxyl groups excluding tert-OH is 1. The molecule has 0 radical (unpaired) electrons. The van der Waals surface area contributed by atoms with Crippen molar-refractivity contribution >= 4 is 24.2 Å². The minimum absolute atomic E-state index is 0.0417. The highest BCUT2D eigenvalue weighted by Crippen LogP contribution is 2.34. The molecule has 2 aliphatic rings. The van der Waals surface area contributed by atoms with Crippen LogP contribution in [0.25, 0.3) is 0 Å². The summed E-state index contributed by atoms with van der Waals surface area (Å²) in [5.41, 5.74) is 0.0417. The van der Waals surface area contributed by atoms with Crippen LogP contribution in [0.1, 0.15) is 59.8 Å². The van der Waals surface area contributed by atoms with Gasteiger partial charge in [0.2, 0.25) is 18.2 Å². The van der Waals surface area contributed by atoms with Gasteiger partial charge in [0.15, 0.2) is 0 Å². The van der Waals surface area contributed by atoms with E-state index >= 15 is 0 Å². The van der Waals surface area contributed by atoms with Crippen molar-refractivity contribution in [3.05, 3.63) is 0 Å². The Balaban J connectivity index is 0.000000801. The first kappa shape index (κ1) is 28.8. The van der Waals surface area contributed by atoms with E-state index in [4.69, 9.17) is 9.47 Å². The fourth-order valence-corrected chi connectivity index (χ4v) is 4.16. The van der Waals surface area contributed by atoms with E-state index in [0.717, 1.165) is 0 Å². The van der Waals surface area contributed by atoms with Crippen LogP contribution in [0.4, 0.5) is 0 Å². The second kappa shape index (κ2) is 12.9. The Hall–Kier alpha value is -2.20. The molecule has 0 spiro atoms. The summed E-state index contributed by atoms with van der Waals surface area (Å²) in [5.74, 6) is -1.73. The number of amides is 3. The molecule has 3 amide bonds. The predicted molar refractivity (Wildman–Crippen MR) is 122 cm³/mol. The van der Waals surface area contributed by atoms with Gasteiger partial charge in [0.25, 0.3) is 0 Å². The number of carbonyl (C=O) groups excluding carboxylic acids is 4. The van der Waals surface area contributed by atoms with Crippen LogP contribution in [0.15, 0.2) is 0 Å². The van der Waals surface area contributed by atoms with Gasteiger partial charge in [-0.3, -0.25) is 14.4 Å². The van der Waals surface area contributed by atoms with E-state index in [1.807, 2.05) is 20.8 Å². The van der Waals surface area contributed by atoms with Gasteiger partial charge < -0.3 is 29.7 Å². The number of likely N-dealkylation sites (N-methyl/N-ethyl adjacent to an activating group) is 1. The Morgan fingerprint density at radius 2 is 1.82 bits per heavy atom. The summed E-state index contributed by atoms with van der Waals surface area (Å²) in [6.07, 6.45) is 3.39. The van der Waals surface area contributed by atoms with Gasteiger partial charge in [-0.1, -0.05) is 6.92 Å². The van der Waals surface area contributed by atoms with E-state index in [1.54, 1.807) is 14.0 Å². The van der Waals surface area contributed by atoms with Crippen molar-refractivity contribution in [3.8, 4) is 0 Å². The van der Waals surface area contributed by atoms with Crippen LogP contribution in [0.2, 0.25) is 0 Å². The lowest BCUT2D eigenvalue weighted by molar-refractivity contribution is -0.153. The maximum absolute atomic E-state index is 13.2. The largest absolute Gasteiger partial charge is 0.467 e. The first-order valence-corrected chi connectivity index (χ1v) is 11.5. The molecular formula is C23H41N3O7. The molecule has 0 aromatic heterocycles. The number of nitrogens with one attached hydrogen (secondary N) is 1. The lowest BCUT2D eigenvalue weighted by Gasteiger charge is -2.32. The van der Waals surface area contributed by atoms with Crippen LogP contribution < -0.4 is 5.32 Å². The van der Waals surface area contributed by atoms with E-state index in [1.165, 1.54) is 24.0 Å². The number of hydrogen-bond donors (Lipinski definition) is 2.